The molecule has 0 bridgehead atoms. The Morgan fingerprint density at radius 3 is 2.86 bits per heavy atom. The fourth-order valence-electron chi connectivity index (χ4n) is 3.27. The number of halogens is 1. The number of aryl methyl sites for hydroxylation is 1. The monoisotopic (exact) mass is 387 g/mol. The Morgan fingerprint density at radius 2 is 2.14 bits per heavy atom. The van der Waals surface area contributed by atoms with Crippen molar-refractivity contribution >= 4 is 44.9 Å². The van der Waals surface area contributed by atoms with Crippen molar-refractivity contribution in [2.45, 2.75) is 44.3 Å². The van der Waals surface area contributed by atoms with Gasteiger partial charge in [0.15, 0.2) is 0 Å². The number of thiophene rings is 1. The number of carbonyl (C=O) groups excluding carboxylic acids is 1. The molecule has 5 heteroatoms. The molecular formula is C16H22BrNOS2. The van der Waals surface area contributed by atoms with Gasteiger partial charge in [-0.3, -0.25) is 4.79 Å². The number of thioether (sulfide) groups is 1. The third-order valence-corrected chi connectivity index (χ3v) is 8.11. The molecule has 3 rings (SSSR count). The van der Waals surface area contributed by atoms with Crippen LogP contribution in [0.4, 0.5) is 0 Å². The van der Waals surface area contributed by atoms with Crippen LogP contribution in [0.3, 0.4) is 0 Å². The maximum absolute atomic E-state index is 12.4. The molecule has 2 aliphatic rings. The molecule has 0 spiro atoms. The zero-order chi connectivity index (χ0) is 14.7. The minimum Gasteiger partial charge on any atom is -0.351 e. The molecule has 116 valence electrons. The number of hydrogen-bond acceptors (Lipinski definition) is 3. The fourth-order valence-corrected chi connectivity index (χ4v) is 6.32. The Bertz CT molecular complexity index is 485. The molecule has 1 aliphatic heterocycles. The highest BCUT2D eigenvalue weighted by atomic mass is 79.9. The van der Waals surface area contributed by atoms with Crippen LogP contribution in [-0.2, 0) is 12.2 Å². The van der Waals surface area contributed by atoms with Gasteiger partial charge in [-0.25, -0.2) is 0 Å². The van der Waals surface area contributed by atoms with Crippen LogP contribution in [0.15, 0.2) is 6.07 Å². The highest BCUT2D eigenvalue weighted by molar-refractivity contribution is 9.09. The predicted octanol–water partition coefficient (Wildman–Crippen LogP) is 4.61. The Morgan fingerprint density at radius 1 is 1.33 bits per heavy atom. The number of amides is 1. The normalized spacial score (nSPS) is 20.8. The summed E-state index contributed by atoms with van der Waals surface area (Å²) in [6.45, 7) is 0.814. The Kier molecular flexibility index (Phi) is 5.33. The van der Waals surface area contributed by atoms with Crippen LogP contribution >= 0.6 is 39.0 Å². The van der Waals surface area contributed by atoms with Gasteiger partial charge in [-0.2, -0.15) is 11.8 Å². The van der Waals surface area contributed by atoms with Crippen molar-refractivity contribution in [1.82, 2.24) is 5.32 Å². The molecule has 1 N–H and O–H groups in total. The molecule has 0 saturated heterocycles. The molecule has 0 radical (unpaired) electrons. The molecule has 2 heterocycles. The lowest BCUT2D eigenvalue weighted by atomic mass is 9.75. The van der Waals surface area contributed by atoms with Crippen LogP contribution in [0.1, 0.15) is 52.2 Å². The van der Waals surface area contributed by atoms with Gasteiger partial charge in [0.05, 0.1) is 4.88 Å². The second kappa shape index (κ2) is 7.05. The summed E-state index contributed by atoms with van der Waals surface area (Å²) < 4.78 is 0. The average molecular weight is 388 g/mol. The van der Waals surface area contributed by atoms with E-state index >= 15 is 0 Å². The van der Waals surface area contributed by atoms with Gasteiger partial charge in [0.1, 0.15) is 0 Å². The van der Waals surface area contributed by atoms with E-state index in [0.717, 1.165) is 28.9 Å². The zero-order valence-electron chi connectivity index (χ0n) is 12.3. The van der Waals surface area contributed by atoms with Gasteiger partial charge in [0.25, 0.3) is 5.91 Å². The minimum atomic E-state index is 0.130. The van der Waals surface area contributed by atoms with E-state index in [4.69, 9.17) is 0 Å². The zero-order valence-corrected chi connectivity index (χ0v) is 15.5. The van der Waals surface area contributed by atoms with Crippen molar-refractivity contribution in [3.05, 3.63) is 21.4 Å². The van der Waals surface area contributed by atoms with Crippen molar-refractivity contribution in [2.75, 3.05) is 17.6 Å². The first-order valence-electron chi connectivity index (χ1n) is 7.76. The fraction of sp³-hybridized carbons (Fsp3) is 0.688. The number of rotatable bonds is 4. The van der Waals surface area contributed by atoms with Crippen molar-refractivity contribution < 1.29 is 4.79 Å². The van der Waals surface area contributed by atoms with E-state index in [1.165, 1.54) is 48.3 Å². The molecule has 2 nitrogen and oxygen atoms in total. The quantitative estimate of drug-likeness (QED) is 0.763. The van der Waals surface area contributed by atoms with Crippen LogP contribution in [0.2, 0.25) is 0 Å². The van der Waals surface area contributed by atoms with Crippen LogP contribution in [0.25, 0.3) is 0 Å². The molecule has 1 aliphatic carbocycles. The van der Waals surface area contributed by atoms with Crippen molar-refractivity contribution in [1.29, 1.82) is 0 Å². The van der Waals surface area contributed by atoms with Gasteiger partial charge in [0.2, 0.25) is 0 Å². The van der Waals surface area contributed by atoms with Gasteiger partial charge < -0.3 is 5.32 Å². The summed E-state index contributed by atoms with van der Waals surface area (Å²) in [6, 6.07) is 2.11. The summed E-state index contributed by atoms with van der Waals surface area (Å²) in [7, 11) is 0. The van der Waals surface area contributed by atoms with Crippen molar-refractivity contribution in [3.63, 3.8) is 0 Å². The molecule has 0 aromatic carbocycles. The maximum atomic E-state index is 12.4. The predicted molar refractivity (Wildman–Crippen MR) is 95.8 cm³/mol. The number of nitrogens with one attached hydrogen (secondary N) is 1. The lowest BCUT2D eigenvalue weighted by Crippen LogP contribution is -2.40. The van der Waals surface area contributed by atoms with Crippen LogP contribution in [0, 0.1) is 5.41 Å². The van der Waals surface area contributed by atoms with E-state index in [-0.39, 0.29) is 11.3 Å². The molecule has 1 saturated carbocycles. The molecule has 1 fully saturated rings. The van der Waals surface area contributed by atoms with Crippen LogP contribution in [-0.4, -0.2) is 23.5 Å². The molecule has 1 aromatic rings. The molecule has 1 amide bonds. The number of fused-ring (bicyclic) bond motifs is 1. The summed E-state index contributed by atoms with van der Waals surface area (Å²) in [6.07, 6.45) is 7.53. The van der Waals surface area contributed by atoms with Gasteiger partial charge in [-0.05, 0) is 42.1 Å². The van der Waals surface area contributed by atoms with E-state index < -0.39 is 0 Å². The summed E-state index contributed by atoms with van der Waals surface area (Å²) >= 11 is 7.34. The first kappa shape index (κ1) is 15.9. The summed E-state index contributed by atoms with van der Waals surface area (Å²) in [5, 5.41) is 4.20. The average Bonchev–Trinajstić information content (AvgIpc) is 2.97. The lowest BCUT2D eigenvalue weighted by Gasteiger charge is -2.35. The second-order valence-electron chi connectivity index (χ2n) is 6.24. The highest BCUT2D eigenvalue weighted by Gasteiger charge is 2.31. The first-order valence-corrected chi connectivity index (χ1v) is 10.9. The van der Waals surface area contributed by atoms with E-state index in [1.807, 2.05) is 11.8 Å². The summed E-state index contributed by atoms with van der Waals surface area (Å²) in [4.78, 5) is 14.8. The number of carbonyl (C=O) groups is 1. The SMILES string of the molecule is O=C(NCC1(CBr)CCCCC1)c1cc2c(s1)CCSC2. The number of alkyl halides is 1. The molecule has 1 aromatic heterocycles. The summed E-state index contributed by atoms with van der Waals surface area (Å²) in [5.74, 6) is 2.40. The van der Waals surface area contributed by atoms with Gasteiger partial charge in [0, 0.05) is 22.5 Å². The number of hydrogen-bond donors (Lipinski definition) is 1. The van der Waals surface area contributed by atoms with E-state index in [2.05, 4.69) is 27.3 Å². The molecule has 0 unspecified atom stereocenters. The minimum absolute atomic E-state index is 0.130. The largest absolute Gasteiger partial charge is 0.351 e. The molecule has 21 heavy (non-hydrogen) atoms. The van der Waals surface area contributed by atoms with Crippen LogP contribution < -0.4 is 5.32 Å². The van der Waals surface area contributed by atoms with Gasteiger partial charge >= 0.3 is 0 Å². The van der Waals surface area contributed by atoms with E-state index in [1.54, 1.807) is 11.3 Å². The smallest absolute Gasteiger partial charge is 0.261 e. The maximum Gasteiger partial charge on any atom is 0.261 e. The van der Waals surface area contributed by atoms with Crippen molar-refractivity contribution in [3.8, 4) is 0 Å². The topological polar surface area (TPSA) is 29.1 Å². The Labute approximate surface area is 143 Å². The van der Waals surface area contributed by atoms with Crippen LogP contribution in [0.5, 0.6) is 0 Å². The highest BCUT2D eigenvalue weighted by Crippen LogP contribution is 2.37. The first-order chi connectivity index (χ1) is 10.2. The third-order valence-electron chi connectivity index (χ3n) is 4.67. The molecular weight excluding hydrogens is 366 g/mol. The lowest BCUT2D eigenvalue weighted by molar-refractivity contribution is 0.0926. The Balaban J connectivity index is 1.62. The van der Waals surface area contributed by atoms with Crippen molar-refractivity contribution in [2.24, 2.45) is 5.41 Å². The summed E-state index contributed by atoms with van der Waals surface area (Å²) in [5.41, 5.74) is 1.66. The standard InChI is InChI=1S/C16H22BrNOS2/c17-10-16(5-2-1-3-6-16)11-18-15(19)14-8-12-9-20-7-4-13(12)21-14/h8H,1-7,9-11H2,(H,18,19). The van der Waals surface area contributed by atoms with Gasteiger partial charge in [-0.15, -0.1) is 11.3 Å². The Hall–Kier alpha value is -0.000000000000000111. The molecule has 0 atom stereocenters. The van der Waals surface area contributed by atoms with E-state index in [9.17, 15) is 4.79 Å². The third kappa shape index (κ3) is 3.67. The van der Waals surface area contributed by atoms with E-state index in [0.29, 0.717) is 0 Å². The second-order valence-corrected chi connectivity index (χ2v) is 9.04. The van der Waals surface area contributed by atoms with Gasteiger partial charge in [-0.1, -0.05) is 35.2 Å².